The summed E-state index contributed by atoms with van der Waals surface area (Å²) in [5.74, 6) is -0.738. The minimum Gasteiger partial charge on any atom is -0.351 e. The fourth-order valence-corrected chi connectivity index (χ4v) is 4.72. The number of likely N-dealkylation sites (N-methyl/N-ethyl adjacent to an activating group) is 1. The Morgan fingerprint density at radius 3 is 2.48 bits per heavy atom. The summed E-state index contributed by atoms with van der Waals surface area (Å²) in [6, 6.07) is 11.4. The summed E-state index contributed by atoms with van der Waals surface area (Å²) in [5.41, 5.74) is 0.474. The predicted molar refractivity (Wildman–Crippen MR) is 125 cm³/mol. The van der Waals surface area contributed by atoms with Crippen molar-refractivity contribution in [1.82, 2.24) is 24.9 Å². The molecule has 0 bridgehead atoms. The van der Waals surface area contributed by atoms with Gasteiger partial charge in [-0.1, -0.05) is 56.0 Å². The second-order valence-corrected chi connectivity index (χ2v) is 9.52. The molecule has 0 radical (unpaired) electrons. The number of benzene rings is 1. The molecule has 2 heterocycles. The monoisotopic (exact) mass is 451 g/mol. The highest BCUT2D eigenvalue weighted by atomic mass is 16.2. The van der Waals surface area contributed by atoms with Gasteiger partial charge in [0.2, 0.25) is 5.91 Å². The maximum Gasteiger partial charge on any atom is 0.274 e. The van der Waals surface area contributed by atoms with Crippen LogP contribution in [0.1, 0.15) is 72.0 Å². The number of nitrogens with one attached hydrogen (secondary N) is 1. The van der Waals surface area contributed by atoms with Crippen LogP contribution < -0.4 is 5.32 Å². The van der Waals surface area contributed by atoms with E-state index in [9.17, 15) is 14.4 Å². The van der Waals surface area contributed by atoms with Crippen molar-refractivity contribution in [1.29, 1.82) is 0 Å². The first-order valence-electron chi connectivity index (χ1n) is 11.8. The van der Waals surface area contributed by atoms with E-state index in [2.05, 4.69) is 10.4 Å². The number of hydrogen-bond acceptors (Lipinski definition) is 4. The lowest BCUT2D eigenvalue weighted by Gasteiger charge is -2.41. The van der Waals surface area contributed by atoms with Crippen molar-refractivity contribution in [2.75, 3.05) is 14.1 Å². The molecular formula is C25H33N5O3. The zero-order valence-electron chi connectivity index (χ0n) is 19.7. The Hall–Kier alpha value is -3.16. The molecule has 1 fully saturated rings. The Balaban J connectivity index is 1.51. The normalized spacial score (nSPS) is 21.3. The van der Waals surface area contributed by atoms with E-state index < -0.39 is 5.54 Å². The molecular weight excluding hydrogens is 418 g/mol. The van der Waals surface area contributed by atoms with Gasteiger partial charge >= 0.3 is 0 Å². The standard InChI is InChI=1S/C25H33N5O3/c1-25(24(33)26-19-13-9-4-5-10-14-19)17-30-21(23(32)29(25)3)15-20(27-30)22(31)28(2)16-18-11-7-6-8-12-18/h6-8,11-12,15,19H,4-5,9-10,13-14,16-17H2,1-3H3,(H,26,33)/t25-/m1/s1. The quantitative estimate of drug-likeness (QED) is 0.708. The fourth-order valence-electron chi connectivity index (χ4n) is 4.72. The van der Waals surface area contributed by atoms with Crippen molar-refractivity contribution in [3.8, 4) is 0 Å². The van der Waals surface area contributed by atoms with E-state index in [0.717, 1.165) is 31.2 Å². The van der Waals surface area contributed by atoms with Crippen molar-refractivity contribution >= 4 is 17.7 Å². The Labute approximate surface area is 194 Å². The van der Waals surface area contributed by atoms with Crippen LogP contribution in [0, 0.1) is 0 Å². The molecule has 1 saturated carbocycles. The van der Waals surface area contributed by atoms with Crippen LogP contribution in [0.25, 0.3) is 0 Å². The third-order valence-corrected chi connectivity index (χ3v) is 7.01. The van der Waals surface area contributed by atoms with Crippen LogP contribution in [0.3, 0.4) is 0 Å². The molecule has 4 rings (SSSR count). The number of nitrogens with zero attached hydrogens (tertiary/aromatic N) is 4. The topological polar surface area (TPSA) is 87.5 Å². The number of carbonyl (C=O) groups is 3. The van der Waals surface area contributed by atoms with Crippen LogP contribution in [0.2, 0.25) is 0 Å². The van der Waals surface area contributed by atoms with Crippen molar-refractivity contribution < 1.29 is 14.4 Å². The molecule has 0 unspecified atom stereocenters. The van der Waals surface area contributed by atoms with E-state index in [1.165, 1.54) is 28.5 Å². The summed E-state index contributed by atoms with van der Waals surface area (Å²) in [6.07, 6.45) is 6.57. The number of aromatic nitrogens is 2. The van der Waals surface area contributed by atoms with Gasteiger partial charge in [-0.15, -0.1) is 0 Å². The van der Waals surface area contributed by atoms with Crippen molar-refractivity contribution in [3.63, 3.8) is 0 Å². The van der Waals surface area contributed by atoms with E-state index in [1.807, 2.05) is 30.3 Å². The molecule has 8 nitrogen and oxygen atoms in total. The van der Waals surface area contributed by atoms with E-state index in [-0.39, 0.29) is 36.0 Å². The maximum atomic E-state index is 13.3. The number of carbonyl (C=O) groups excluding carboxylic acids is 3. The minimum absolute atomic E-state index is 0.142. The molecule has 1 aromatic heterocycles. The second-order valence-electron chi connectivity index (χ2n) is 9.52. The summed E-state index contributed by atoms with van der Waals surface area (Å²) in [6.45, 7) is 2.42. The van der Waals surface area contributed by atoms with E-state index in [4.69, 9.17) is 0 Å². The summed E-state index contributed by atoms with van der Waals surface area (Å²) in [7, 11) is 3.36. The van der Waals surface area contributed by atoms with Crippen LogP contribution in [0.4, 0.5) is 0 Å². The van der Waals surface area contributed by atoms with Crippen LogP contribution >= 0.6 is 0 Å². The number of fused-ring (bicyclic) bond motifs is 1. The highest BCUT2D eigenvalue weighted by molar-refractivity contribution is 6.01. The van der Waals surface area contributed by atoms with Gasteiger partial charge in [0, 0.05) is 32.7 Å². The molecule has 8 heteroatoms. The van der Waals surface area contributed by atoms with Gasteiger partial charge in [-0.3, -0.25) is 19.1 Å². The third-order valence-electron chi connectivity index (χ3n) is 7.01. The minimum atomic E-state index is -1.07. The first kappa shape index (κ1) is 23.0. The molecule has 3 amide bonds. The van der Waals surface area contributed by atoms with E-state index in [0.29, 0.717) is 12.2 Å². The molecule has 2 aliphatic rings. The summed E-state index contributed by atoms with van der Waals surface area (Å²) in [5, 5.41) is 7.61. The number of hydrogen-bond donors (Lipinski definition) is 1. The van der Waals surface area contributed by atoms with Gasteiger partial charge in [-0.05, 0) is 25.3 Å². The van der Waals surface area contributed by atoms with Crippen molar-refractivity contribution in [3.05, 3.63) is 53.3 Å². The first-order chi connectivity index (χ1) is 15.8. The molecule has 1 N–H and O–H groups in total. The Kier molecular flexibility index (Phi) is 6.54. The SMILES string of the molecule is CN(Cc1ccccc1)C(=O)c1cc2n(n1)C[C@](C)(C(=O)NC1CCCCCC1)N(C)C2=O. The number of amides is 3. The van der Waals surface area contributed by atoms with Gasteiger partial charge < -0.3 is 15.1 Å². The van der Waals surface area contributed by atoms with Gasteiger partial charge in [0.25, 0.3) is 11.8 Å². The molecule has 176 valence electrons. The Bertz CT molecular complexity index is 1030. The lowest BCUT2D eigenvalue weighted by molar-refractivity contribution is -0.133. The summed E-state index contributed by atoms with van der Waals surface area (Å²) in [4.78, 5) is 42.5. The maximum absolute atomic E-state index is 13.3. The highest BCUT2D eigenvalue weighted by Gasteiger charge is 2.46. The third kappa shape index (κ3) is 4.65. The van der Waals surface area contributed by atoms with Gasteiger partial charge in [-0.2, -0.15) is 5.10 Å². The molecule has 1 aliphatic carbocycles. The van der Waals surface area contributed by atoms with Crippen LogP contribution in [0.5, 0.6) is 0 Å². The zero-order chi connectivity index (χ0) is 23.6. The molecule has 33 heavy (non-hydrogen) atoms. The Morgan fingerprint density at radius 2 is 1.82 bits per heavy atom. The summed E-state index contributed by atoms with van der Waals surface area (Å²) < 4.78 is 1.51. The highest BCUT2D eigenvalue weighted by Crippen LogP contribution is 2.27. The van der Waals surface area contributed by atoms with Gasteiger partial charge in [0.15, 0.2) is 5.69 Å². The fraction of sp³-hybridized carbons (Fsp3) is 0.520. The lowest BCUT2D eigenvalue weighted by Crippen LogP contribution is -2.63. The second kappa shape index (κ2) is 9.37. The van der Waals surface area contributed by atoms with Gasteiger partial charge in [0.1, 0.15) is 11.2 Å². The number of rotatable bonds is 5. The lowest BCUT2D eigenvalue weighted by atomic mass is 9.95. The molecule has 2 aromatic rings. The van der Waals surface area contributed by atoms with Crippen molar-refractivity contribution in [2.24, 2.45) is 0 Å². The molecule has 0 spiro atoms. The van der Waals surface area contributed by atoms with E-state index >= 15 is 0 Å². The summed E-state index contributed by atoms with van der Waals surface area (Å²) >= 11 is 0. The van der Waals surface area contributed by atoms with Crippen LogP contribution in [-0.2, 0) is 17.9 Å². The van der Waals surface area contributed by atoms with E-state index in [1.54, 1.807) is 25.9 Å². The molecule has 0 saturated heterocycles. The van der Waals surface area contributed by atoms with Crippen LogP contribution in [0.15, 0.2) is 36.4 Å². The van der Waals surface area contributed by atoms with Crippen molar-refractivity contribution in [2.45, 2.75) is 70.1 Å². The zero-order valence-corrected chi connectivity index (χ0v) is 19.7. The van der Waals surface area contributed by atoms with Crippen LogP contribution in [-0.4, -0.2) is 63.0 Å². The molecule has 1 aliphatic heterocycles. The smallest absolute Gasteiger partial charge is 0.274 e. The predicted octanol–water partition coefficient (Wildman–Crippen LogP) is 2.84. The largest absolute Gasteiger partial charge is 0.351 e. The average molecular weight is 452 g/mol. The Morgan fingerprint density at radius 1 is 1.15 bits per heavy atom. The molecule has 1 atom stereocenters. The average Bonchev–Trinajstić information content (AvgIpc) is 3.05. The van der Waals surface area contributed by atoms with Gasteiger partial charge in [0.05, 0.1) is 6.54 Å². The first-order valence-corrected chi connectivity index (χ1v) is 11.8. The molecule has 1 aromatic carbocycles. The van der Waals surface area contributed by atoms with Gasteiger partial charge in [-0.25, -0.2) is 0 Å².